The van der Waals surface area contributed by atoms with Gasteiger partial charge in [-0.15, -0.1) is 10.2 Å². The number of anilines is 1. The standard InChI is InChI=1S/C19H18Cl2N6OS/c20-13-5-4-12-16(11-7-24-27(9-11)15-3-1-2-6-28-15)14(25-18(12)17(13)21)8-22-19-26-23-10-29-19/h4-5,7,9-10,15,25H,1-3,6,8H2,(H,22,26). The number of hydrogen-bond acceptors (Lipinski definition) is 6. The minimum absolute atomic E-state index is 0.0105. The number of nitrogens with one attached hydrogen (secondary N) is 2. The lowest BCUT2D eigenvalue weighted by atomic mass is 10.1. The average molecular weight is 449 g/mol. The molecule has 2 N–H and O–H groups in total. The Bertz CT molecular complexity index is 1130. The van der Waals surface area contributed by atoms with E-state index in [-0.39, 0.29) is 6.23 Å². The molecular weight excluding hydrogens is 431 g/mol. The summed E-state index contributed by atoms with van der Waals surface area (Å²) >= 11 is 14.2. The molecule has 7 nitrogen and oxygen atoms in total. The first-order valence-electron chi connectivity index (χ1n) is 9.35. The Morgan fingerprint density at radius 2 is 2.24 bits per heavy atom. The van der Waals surface area contributed by atoms with Crippen LogP contribution in [0.25, 0.3) is 22.0 Å². The maximum Gasteiger partial charge on any atom is 0.205 e. The van der Waals surface area contributed by atoms with Crippen LogP contribution in [0.1, 0.15) is 31.2 Å². The second-order valence-corrected chi connectivity index (χ2v) is 8.51. The summed E-state index contributed by atoms with van der Waals surface area (Å²) < 4.78 is 7.78. The number of benzene rings is 1. The summed E-state index contributed by atoms with van der Waals surface area (Å²) in [5.41, 5.74) is 5.52. The first kappa shape index (κ1) is 18.9. The molecule has 5 rings (SSSR count). The van der Waals surface area contributed by atoms with Gasteiger partial charge in [-0.3, -0.25) is 0 Å². The molecule has 1 atom stereocenters. The Balaban J connectivity index is 1.56. The minimum Gasteiger partial charge on any atom is -0.357 e. The Morgan fingerprint density at radius 3 is 3.03 bits per heavy atom. The zero-order valence-electron chi connectivity index (χ0n) is 15.4. The SMILES string of the molecule is Clc1ccc2c(-c3cnn(C4CCCCO4)c3)c(CNc3nncs3)[nH]c2c1Cl. The van der Waals surface area contributed by atoms with Crippen molar-refractivity contribution in [3.8, 4) is 11.1 Å². The Hall–Kier alpha value is -2.13. The molecule has 1 aliphatic rings. The smallest absolute Gasteiger partial charge is 0.205 e. The molecule has 0 amide bonds. The fourth-order valence-electron chi connectivity index (χ4n) is 3.69. The van der Waals surface area contributed by atoms with Gasteiger partial charge in [0.25, 0.3) is 0 Å². The summed E-state index contributed by atoms with van der Waals surface area (Å²) in [6, 6.07) is 3.80. The average Bonchev–Trinajstić information content (AvgIpc) is 3.49. The van der Waals surface area contributed by atoms with Crippen LogP contribution in [-0.2, 0) is 11.3 Å². The molecule has 1 aliphatic heterocycles. The molecule has 10 heteroatoms. The minimum atomic E-state index is -0.0105. The lowest BCUT2D eigenvalue weighted by molar-refractivity contribution is -0.0394. The highest BCUT2D eigenvalue weighted by Crippen LogP contribution is 2.39. The fraction of sp³-hybridized carbons (Fsp3) is 0.316. The van der Waals surface area contributed by atoms with Gasteiger partial charge in [0, 0.05) is 35.0 Å². The maximum atomic E-state index is 6.48. The second-order valence-electron chi connectivity index (χ2n) is 6.89. The molecule has 1 saturated heterocycles. The van der Waals surface area contributed by atoms with E-state index in [1.165, 1.54) is 11.3 Å². The molecule has 1 aromatic carbocycles. The second kappa shape index (κ2) is 7.95. The zero-order valence-corrected chi connectivity index (χ0v) is 17.7. The monoisotopic (exact) mass is 448 g/mol. The molecule has 0 spiro atoms. The molecule has 0 saturated carbocycles. The molecule has 0 aliphatic carbocycles. The quantitative estimate of drug-likeness (QED) is 0.421. The van der Waals surface area contributed by atoms with E-state index in [0.29, 0.717) is 16.6 Å². The summed E-state index contributed by atoms with van der Waals surface area (Å²) in [6.45, 7) is 1.32. The van der Waals surface area contributed by atoms with Crippen LogP contribution in [0.3, 0.4) is 0 Å². The van der Waals surface area contributed by atoms with E-state index in [4.69, 9.17) is 27.9 Å². The van der Waals surface area contributed by atoms with E-state index in [0.717, 1.165) is 58.7 Å². The van der Waals surface area contributed by atoms with Gasteiger partial charge in [0.2, 0.25) is 5.13 Å². The number of rotatable bonds is 5. The van der Waals surface area contributed by atoms with Crippen molar-refractivity contribution >= 4 is 50.6 Å². The molecule has 1 unspecified atom stereocenters. The summed E-state index contributed by atoms with van der Waals surface area (Å²) in [5.74, 6) is 0. The number of halogens is 2. The number of aromatic amines is 1. The lowest BCUT2D eigenvalue weighted by Gasteiger charge is -2.22. The van der Waals surface area contributed by atoms with Crippen molar-refractivity contribution in [3.63, 3.8) is 0 Å². The van der Waals surface area contributed by atoms with Crippen LogP contribution in [0, 0.1) is 0 Å². The van der Waals surface area contributed by atoms with E-state index >= 15 is 0 Å². The van der Waals surface area contributed by atoms with Crippen LogP contribution in [0.2, 0.25) is 10.0 Å². The van der Waals surface area contributed by atoms with Gasteiger partial charge in [0.05, 0.1) is 28.3 Å². The van der Waals surface area contributed by atoms with Crippen molar-refractivity contribution in [1.82, 2.24) is 25.0 Å². The van der Waals surface area contributed by atoms with Gasteiger partial charge < -0.3 is 15.0 Å². The molecule has 3 aromatic heterocycles. The van der Waals surface area contributed by atoms with Crippen LogP contribution >= 0.6 is 34.5 Å². The van der Waals surface area contributed by atoms with Crippen LogP contribution < -0.4 is 5.32 Å². The molecule has 150 valence electrons. The van der Waals surface area contributed by atoms with Crippen LogP contribution in [-0.4, -0.2) is 31.6 Å². The Labute approximate surface area is 181 Å². The van der Waals surface area contributed by atoms with Crippen LogP contribution in [0.5, 0.6) is 0 Å². The van der Waals surface area contributed by atoms with Crippen LogP contribution in [0.15, 0.2) is 30.0 Å². The lowest BCUT2D eigenvalue weighted by Crippen LogP contribution is -2.18. The van der Waals surface area contributed by atoms with Gasteiger partial charge in [-0.25, -0.2) is 4.68 Å². The van der Waals surface area contributed by atoms with E-state index in [1.54, 1.807) is 5.51 Å². The highest BCUT2D eigenvalue weighted by Gasteiger charge is 2.21. The summed E-state index contributed by atoms with van der Waals surface area (Å²) in [4.78, 5) is 3.43. The molecule has 29 heavy (non-hydrogen) atoms. The largest absolute Gasteiger partial charge is 0.357 e. The van der Waals surface area contributed by atoms with Gasteiger partial charge in [-0.1, -0.05) is 40.6 Å². The normalized spacial score (nSPS) is 17.1. The predicted molar refractivity (Wildman–Crippen MR) is 116 cm³/mol. The molecule has 0 radical (unpaired) electrons. The number of H-pyrrole nitrogens is 1. The number of hydrogen-bond donors (Lipinski definition) is 2. The van der Waals surface area contributed by atoms with Crippen molar-refractivity contribution in [3.05, 3.63) is 45.8 Å². The topological polar surface area (TPSA) is 80.7 Å². The third-order valence-corrected chi connectivity index (χ3v) is 6.51. The summed E-state index contributed by atoms with van der Waals surface area (Å²) in [5, 5.41) is 18.6. The first-order valence-corrected chi connectivity index (χ1v) is 11.0. The van der Waals surface area contributed by atoms with Crippen molar-refractivity contribution in [2.45, 2.75) is 32.0 Å². The van der Waals surface area contributed by atoms with Crippen molar-refractivity contribution < 1.29 is 4.74 Å². The molecule has 0 bridgehead atoms. The maximum absolute atomic E-state index is 6.48. The summed E-state index contributed by atoms with van der Waals surface area (Å²) in [7, 11) is 0. The van der Waals surface area contributed by atoms with Gasteiger partial charge in [0.1, 0.15) is 11.7 Å². The predicted octanol–water partition coefficient (Wildman–Crippen LogP) is 5.50. The first-order chi connectivity index (χ1) is 14.2. The fourth-order valence-corrected chi connectivity index (χ4v) is 4.50. The van der Waals surface area contributed by atoms with Crippen molar-refractivity contribution in [2.75, 3.05) is 11.9 Å². The van der Waals surface area contributed by atoms with Gasteiger partial charge in [-0.05, 0) is 25.3 Å². The van der Waals surface area contributed by atoms with Crippen LogP contribution in [0.4, 0.5) is 5.13 Å². The van der Waals surface area contributed by atoms with E-state index in [9.17, 15) is 0 Å². The van der Waals surface area contributed by atoms with Crippen molar-refractivity contribution in [1.29, 1.82) is 0 Å². The third kappa shape index (κ3) is 3.61. The van der Waals surface area contributed by atoms with Gasteiger partial charge in [-0.2, -0.15) is 5.10 Å². The highest BCUT2D eigenvalue weighted by molar-refractivity contribution is 7.13. The molecule has 4 aromatic rings. The van der Waals surface area contributed by atoms with E-state index in [2.05, 4.69) is 25.6 Å². The highest BCUT2D eigenvalue weighted by atomic mass is 35.5. The van der Waals surface area contributed by atoms with E-state index in [1.807, 2.05) is 29.2 Å². The number of aromatic nitrogens is 5. The van der Waals surface area contributed by atoms with Crippen molar-refractivity contribution in [2.24, 2.45) is 0 Å². The van der Waals surface area contributed by atoms with Gasteiger partial charge >= 0.3 is 0 Å². The molecule has 1 fully saturated rings. The molecular formula is C19H18Cl2N6OS. The zero-order chi connectivity index (χ0) is 19.8. The molecule has 4 heterocycles. The number of ether oxygens (including phenoxy) is 1. The number of nitrogens with zero attached hydrogens (tertiary/aromatic N) is 4. The third-order valence-electron chi connectivity index (χ3n) is 5.06. The van der Waals surface area contributed by atoms with E-state index < -0.39 is 0 Å². The Morgan fingerprint density at radius 1 is 1.31 bits per heavy atom. The summed E-state index contributed by atoms with van der Waals surface area (Å²) in [6.07, 6.45) is 7.13. The number of fused-ring (bicyclic) bond motifs is 1. The Kier molecular flexibility index (Phi) is 5.17. The van der Waals surface area contributed by atoms with Gasteiger partial charge in [0.15, 0.2) is 0 Å².